The number of ether oxygens (including phenoxy) is 1. The van der Waals surface area contributed by atoms with E-state index in [0.29, 0.717) is 43.1 Å². The number of hydrogen-bond donors (Lipinski definition) is 3. The normalized spacial score (nSPS) is 11.8. The van der Waals surface area contributed by atoms with E-state index in [2.05, 4.69) is 10.6 Å². The molecule has 6 heteroatoms. The van der Waals surface area contributed by atoms with Crippen LogP contribution in [-0.2, 0) is 6.42 Å². The molecule has 0 aliphatic carbocycles. The van der Waals surface area contributed by atoms with Gasteiger partial charge in [0.05, 0.1) is 13.2 Å². The summed E-state index contributed by atoms with van der Waals surface area (Å²) >= 11 is 6.12. The van der Waals surface area contributed by atoms with Crippen molar-refractivity contribution in [2.24, 2.45) is 0 Å². The first kappa shape index (κ1) is 17.6. The van der Waals surface area contributed by atoms with Gasteiger partial charge in [-0.2, -0.15) is 0 Å². The van der Waals surface area contributed by atoms with E-state index in [1.54, 1.807) is 13.2 Å². The van der Waals surface area contributed by atoms with Crippen LogP contribution >= 0.6 is 11.6 Å². The van der Waals surface area contributed by atoms with Gasteiger partial charge in [0, 0.05) is 18.1 Å². The summed E-state index contributed by atoms with van der Waals surface area (Å²) in [6.07, 6.45) is 1.55. The van der Waals surface area contributed by atoms with Gasteiger partial charge >= 0.3 is 6.03 Å². The summed E-state index contributed by atoms with van der Waals surface area (Å²) in [5, 5.41) is 15.5. The van der Waals surface area contributed by atoms with E-state index in [1.165, 1.54) is 0 Å². The van der Waals surface area contributed by atoms with Crippen LogP contribution in [0.2, 0.25) is 5.02 Å². The molecule has 0 aromatic heterocycles. The maximum Gasteiger partial charge on any atom is 0.314 e. The molecule has 21 heavy (non-hydrogen) atoms. The Morgan fingerprint density at radius 3 is 2.71 bits per heavy atom. The quantitative estimate of drug-likeness (QED) is 0.690. The van der Waals surface area contributed by atoms with Gasteiger partial charge < -0.3 is 20.5 Å². The van der Waals surface area contributed by atoms with Crippen molar-refractivity contribution in [2.75, 3.05) is 20.2 Å². The third-order valence-corrected chi connectivity index (χ3v) is 3.53. The monoisotopic (exact) mass is 314 g/mol. The van der Waals surface area contributed by atoms with Crippen molar-refractivity contribution in [2.45, 2.75) is 32.3 Å². The number of urea groups is 1. The van der Waals surface area contributed by atoms with Crippen molar-refractivity contribution in [1.29, 1.82) is 0 Å². The predicted molar refractivity (Wildman–Crippen MR) is 84.0 cm³/mol. The van der Waals surface area contributed by atoms with Gasteiger partial charge in [0.2, 0.25) is 0 Å². The first-order chi connectivity index (χ1) is 10.1. The Hall–Kier alpha value is -1.46. The number of hydrogen-bond acceptors (Lipinski definition) is 3. The number of benzene rings is 1. The summed E-state index contributed by atoms with van der Waals surface area (Å²) in [4.78, 5) is 11.5. The zero-order valence-electron chi connectivity index (χ0n) is 12.5. The van der Waals surface area contributed by atoms with Crippen molar-refractivity contribution < 1.29 is 14.6 Å². The molecule has 0 radical (unpaired) electrons. The number of carbonyl (C=O) groups is 1. The summed E-state index contributed by atoms with van der Waals surface area (Å²) in [6.45, 7) is 2.86. The smallest absolute Gasteiger partial charge is 0.314 e. The predicted octanol–water partition coefficient (Wildman–Crippen LogP) is 2.35. The Kier molecular flexibility index (Phi) is 7.93. The molecule has 1 aromatic rings. The number of aliphatic hydroxyl groups excluding tert-OH is 1. The molecule has 1 unspecified atom stereocenters. The van der Waals surface area contributed by atoms with E-state index < -0.39 is 0 Å². The highest BCUT2D eigenvalue weighted by atomic mass is 35.5. The van der Waals surface area contributed by atoms with Crippen LogP contribution in [-0.4, -0.2) is 37.4 Å². The summed E-state index contributed by atoms with van der Waals surface area (Å²) in [6, 6.07) is 5.25. The van der Waals surface area contributed by atoms with Crippen LogP contribution in [0, 0.1) is 0 Å². The van der Waals surface area contributed by atoms with Crippen LogP contribution in [0.25, 0.3) is 0 Å². The van der Waals surface area contributed by atoms with Crippen LogP contribution in [0.5, 0.6) is 5.75 Å². The Balaban J connectivity index is 2.25. The lowest BCUT2D eigenvalue weighted by Gasteiger charge is -2.11. The molecule has 2 amide bonds. The molecule has 118 valence electrons. The van der Waals surface area contributed by atoms with Crippen LogP contribution in [0.1, 0.15) is 25.3 Å². The zero-order valence-corrected chi connectivity index (χ0v) is 13.2. The van der Waals surface area contributed by atoms with Crippen LogP contribution in [0.3, 0.4) is 0 Å². The molecule has 1 rings (SSSR count). The first-order valence-corrected chi connectivity index (χ1v) is 7.46. The van der Waals surface area contributed by atoms with Gasteiger partial charge in [-0.25, -0.2) is 4.79 Å². The zero-order chi connectivity index (χ0) is 15.7. The molecule has 5 nitrogen and oxygen atoms in total. The maximum absolute atomic E-state index is 11.5. The van der Waals surface area contributed by atoms with Crippen LogP contribution in [0.15, 0.2) is 18.2 Å². The van der Waals surface area contributed by atoms with Gasteiger partial charge in [-0.3, -0.25) is 0 Å². The van der Waals surface area contributed by atoms with Crippen molar-refractivity contribution in [1.82, 2.24) is 10.6 Å². The molecule has 0 aliphatic heterocycles. The van der Waals surface area contributed by atoms with E-state index in [4.69, 9.17) is 16.3 Å². The molecule has 3 N–H and O–H groups in total. The average molecular weight is 315 g/mol. The Morgan fingerprint density at radius 1 is 1.38 bits per heavy atom. The second-order valence-electron chi connectivity index (χ2n) is 4.74. The molecule has 0 fully saturated rings. The lowest BCUT2D eigenvalue weighted by molar-refractivity contribution is 0.160. The fourth-order valence-electron chi connectivity index (χ4n) is 1.79. The minimum Gasteiger partial charge on any atom is -0.497 e. The lowest BCUT2D eigenvalue weighted by atomic mass is 10.1. The highest BCUT2D eigenvalue weighted by molar-refractivity contribution is 6.31. The molecule has 0 saturated carbocycles. The number of nitrogens with one attached hydrogen (secondary N) is 2. The highest BCUT2D eigenvalue weighted by Crippen LogP contribution is 2.22. The van der Waals surface area contributed by atoms with Crippen LogP contribution < -0.4 is 15.4 Å². The summed E-state index contributed by atoms with van der Waals surface area (Å²) in [7, 11) is 1.59. The van der Waals surface area contributed by atoms with E-state index in [9.17, 15) is 9.90 Å². The fourth-order valence-corrected chi connectivity index (χ4v) is 2.05. The van der Waals surface area contributed by atoms with Crippen molar-refractivity contribution in [3.05, 3.63) is 28.8 Å². The number of carbonyl (C=O) groups excluding carboxylic acids is 1. The SMILES string of the molecule is CCC(O)CCNC(=O)NCCc1ccc(OC)cc1Cl. The number of halogens is 1. The van der Waals surface area contributed by atoms with E-state index in [-0.39, 0.29) is 12.1 Å². The number of aliphatic hydroxyl groups is 1. The Morgan fingerprint density at radius 2 is 2.10 bits per heavy atom. The minimum absolute atomic E-state index is 0.233. The van der Waals surface area contributed by atoms with Gasteiger partial charge in [0.15, 0.2) is 0 Å². The first-order valence-electron chi connectivity index (χ1n) is 7.09. The fraction of sp³-hybridized carbons (Fsp3) is 0.533. The molecule has 0 heterocycles. The summed E-state index contributed by atoms with van der Waals surface area (Å²) in [5.74, 6) is 0.712. The third-order valence-electron chi connectivity index (χ3n) is 3.17. The largest absolute Gasteiger partial charge is 0.497 e. The summed E-state index contributed by atoms with van der Waals surface area (Å²) in [5.41, 5.74) is 0.958. The Bertz CT molecular complexity index is 455. The van der Waals surface area contributed by atoms with E-state index in [1.807, 2.05) is 19.1 Å². The number of amides is 2. The summed E-state index contributed by atoms with van der Waals surface area (Å²) < 4.78 is 5.08. The molecular formula is C15H23ClN2O3. The van der Waals surface area contributed by atoms with E-state index in [0.717, 1.165) is 5.56 Å². The molecule has 0 saturated heterocycles. The van der Waals surface area contributed by atoms with Gasteiger partial charge in [-0.05, 0) is 37.0 Å². The topological polar surface area (TPSA) is 70.6 Å². The van der Waals surface area contributed by atoms with Crippen LogP contribution in [0.4, 0.5) is 4.79 Å². The number of methoxy groups -OCH3 is 1. The van der Waals surface area contributed by atoms with E-state index >= 15 is 0 Å². The van der Waals surface area contributed by atoms with Gasteiger partial charge in [-0.15, -0.1) is 0 Å². The van der Waals surface area contributed by atoms with Crippen molar-refractivity contribution >= 4 is 17.6 Å². The highest BCUT2D eigenvalue weighted by Gasteiger charge is 2.05. The maximum atomic E-state index is 11.5. The molecule has 0 bridgehead atoms. The van der Waals surface area contributed by atoms with Gasteiger partial charge in [0.25, 0.3) is 0 Å². The molecular weight excluding hydrogens is 292 g/mol. The Labute approximate surface area is 130 Å². The van der Waals surface area contributed by atoms with Gasteiger partial charge in [-0.1, -0.05) is 24.6 Å². The molecule has 1 atom stereocenters. The molecule has 1 aromatic carbocycles. The average Bonchev–Trinajstić information content (AvgIpc) is 2.48. The van der Waals surface area contributed by atoms with Gasteiger partial charge in [0.1, 0.15) is 5.75 Å². The number of rotatable bonds is 8. The standard InChI is InChI=1S/C15H23ClN2O3/c1-3-12(19)7-9-18-15(20)17-8-6-11-4-5-13(21-2)10-14(11)16/h4-5,10,12,19H,3,6-9H2,1-2H3,(H2,17,18,20). The lowest BCUT2D eigenvalue weighted by Crippen LogP contribution is -2.37. The molecule has 0 spiro atoms. The minimum atomic E-state index is -0.358. The van der Waals surface area contributed by atoms with Crippen molar-refractivity contribution in [3.8, 4) is 5.75 Å². The second kappa shape index (κ2) is 9.47. The molecule has 0 aliphatic rings. The second-order valence-corrected chi connectivity index (χ2v) is 5.15. The van der Waals surface area contributed by atoms with Crippen molar-refractivity contribution in [3.63, 3.8) is 0 Å². The third kappa shape index (κ3) is 6.69.